The number of nitrogens with one attached hydrogen (secondary N) is 3. The average Bonchev–Trinajstić information content (AvgIpc) is 3.12. The molecule has 1 amide bonds. The van der Waals surface area contributed by atoms with E-state index in [2.05, 4.69) is 21.2 Å². The van der Waals surface area contributed by atoms with Gasteiger partial charge in [-0.3, -0.25) is 9.78 Å². The van der Waals surface area contributed by atoms with E-state index in [1.54, 1.807) is 12.4 Å². The molecule has 1 aromatic heterocycles. The van der Waals surface area contributed by atoms with Crippen molar-refractivity contribution >= 4 is 5.91 Å². The molecule has 6 nitrogen and oxygen atoms in total. The van der Waals surface area contributed by atoms with Gasteiger partial charge in [-0.2, -0.15) is 0 Å². The number of aromatic nitrogens is 1. The molecule has 0 bridgehead atoms. The molecule has 126 valence electrons. The van der Waals surface area contributed by atoms with E-state index in [1.165, 1.54) is 0 Å². The van der Waals surface area contributed by atoms with Gasteiger partial charge in [-0.15, -0.1) is 0 Å². The van der Waals surface area contributed by atoms with Crippen molar-refractivity contribution in [1.29, 1.82) is 0 Å². The Morgan fingerprint density at radius 1 is 1.29 bits per heavy atom. The van der Waals surface area contributed by atoms with Gasteiger partial charge in [0.2, 0.25) is 5.91 Å². The predicted molar refractivity (Wildman–Crippen MR) is 91.1 cm³/mol. The minimum absolute atomic E-state index is 0.0141. The molecule has 1 saturated heterocycles. The number of ether oxygens (including phenoxy) is 1. The molecule has 1 fully saturated rings. The lowest BCUT2D eigenvalue weighted by molar-refractivity contribution is -0.123. The largest absolute Gasteiger partial charge is 0.494 e. The molecule has 2 unspecified atom stereocenters. The highest BCUT2D eigenvalue weighted by Gasteiger charge is 2.29. The first-order valence-corrected chi connectivity index (χ1v) is 8.16. The fourth-order valence-electron chi connectivity index (χ4n) is 2.72. The van der Waals surface area contributed by atoms with E-state index in [9.17, 15) is 4.79 Å². The molecule has 6 heteroatoms. The van der Waals surface area contributed by atoms with E-state index >= 15 is 0 Å². The van der Waals surface area contributed by atoms with Gasteiger partial charge in [0.05, 0.1) is 6.61 Å². The predicted octanol–water partition coefficient (Wildman–Crippen LogP) is 1.70. The second-order valence-electron chi connectivity index (χ2n) is 5.71. The Labute approximate surface area is 141 Å². The molecule has 0 radical (unpaired) electrons. The zero-order valence-electron chi connectivity index (χ0n) is 13.7. The molecule has 1 aliphatic heterocycles. The summed E-state index contributed by atoms with van der Waals surface area (Å²) in [7, 11) is 0. The van der Waals surface area contributed by atoms with Crippen LogP contribution < -0.4 is 20.9 Å². The van der Waals surface area contributed by atoms with Crippen LogP contribution in [0.25, 0.3) is 0 Å². The van der Waals surface area contributed by atoms with Crippen molar-refractivity contribution in [2.24, 2.45) is 0 Å². The second-order valence-corrected chi connectivity index (χ2v) is 5.71. The van der Waals surface area contributed by atoms with Gasteiger partial charge in [-0.05, 0) is 42.7 Å². The average molecular weight is 326 g/mol. The number of rotatable bonds is 6. The summed E-state index contributed by atoms with van der Waals surface area (Å²) in [6, 6.07) is 11.6. The smallest absolute Gasteiger partial charge is 0.238 e. The van der Waals surface area contributed by atoms with Crippen LogP contribution in [0.1, 0.15) is 30.5 Å². The van der Waals surface area contributed by atoms with Crippen LogP contribution in [0.2, 0.25) is 0 Å². The van der Waals surface area contributed by atoms with Crippen LogP contribution in [0, 0.1) is 0 Å². The summed E-state index contributed by atoms with van der Waals surface area (Å²) < 4.78 is 5.45. The molecule has 2 aromatic rings. The molecule has 3 N–H and O–H groups in total. The molecule has 2 heterocycles. The van der Waals surface area contributed by atoms with Gasteiger partial charge >= 0.3 is 0 Å². The third kappa shape index (κ3) is 4.10. The third-order valence-corrected chi connectivity index (χ3v) is 4.00. The maximum Gasteiger partial charge on any atom is 0.238 e. The maximum absolute atomic E-state index is 12.3. The lowest BCUT2D eigenvalue weighted by Gasteiger charge is -2.11. The first-order valence-electron chi connectivity index (χ1n) is 8.16. The summed E-state index contributed by atoms with van der Waals surface area (Å²) in [4.78, 5) is 16.3. The van der Waals surface area contributed by atoms with Crippen LogP contribution in [0.15, 0.2) is 48.8 Å². The Morgan fingerprint density at radius 3 is 2.83 bits per heavy atom. The van der Waals surface area contributed by atoms with Crippen molar-refractivity contribution in [3.05, 3.63) is 59.9 Å². The molecule has 1 aromatic carbocycles. The fourth-order valence-corrected chi connectivity index (χ4v) is 2.72. The molecule has 24 heavy (non-hydrogen) atoms. The molecule has 2 atom stereocenters. The molecule has 0 saturated carbocycles. The fraction of sp³-hybridized carbons (Fsp3) is 0.333. The lowest BCUT2D eigenvalue weighted by atomic mass is 10.0. The SMILES string of the molecule is CCOc1ccc(C2CC(C(=O)NCc3cccnc3)NN2)cc1. The number of hydrazine groups is 1. The van der Waals surface area contributed by atoms with Crippen molar-refractivity contribution < 1.29 is 9.53 Å². The number of carbonyl (C=O) groups is 1. The van der Waals surface area contributed by atoms with Crippen LogP contribution in [0.5, 0.6) is 5.75 Å². The van der Waals surface area contributed by atoms with Crippen molar-refractivity contribution in [2.75, 3.05) is 6.61 Å². The van der Waals surface area contributed by atoms with Gasteiger partial charge in [0, 0.05) is 25.0 Å². The quantitative estimate of drug-likeness (QED) is 0.753. The van der Waals surface area contributed by atoms with E-state index in [1.807, 2.05) is 43.3 Å². The molecular weight excluding hydrogens is 304 g/mol. The summed E-state index contributed by atoms with van der Waals surface area (Å²) in [5, 5.41) is 2.94. The number of pyridine rings is 1. The van der Waals surface area contributed by atoms with Crippen LogP contribution in [0.4, 0.5) is 0 Å². The van der Waals surface area contributed by atoms with E-state index in [4.69, 9.17) is 4.74 Å². The Morgan fingerprint density at radius 2 is 2.12 bits per heavy atom. The van der Waals surface area contributed by atoms with Crippen molar-refractivity contribution in [1.82, 2.24) is 21.2 Å². The van der Waals surface area contributed by atoms with E-state index in [0.717, 1.165) is 16.9 Å². The number of nitrogens with zero attached hydrogens (tertiary/aromatic N) is 1. The van der Waals surface area contributed by atoms with E-state index in [-0.39, 0.29) is 18.0 Å². The molecular formula is C18H22N4O2. The third-order valence-electron chi connectivity index (χ3n) is 4.00. The van der Waals surface area contributed by atoms with Crippen molar-refractivity contribution in [3.63, 3.8) is 0 Å². The van der Waals surface area contributed by atoms with Gasteiger partial charge in [0.25, 0.3) is 0 Å². The standard InChI is InChI=1S/C18H22N4O2/c1-2-24-15-7-5-14(6-8-15)16-10-17(22-21-16)18(23)20-12-13-4-3-9-19-11-13/h3-9,11,16-17,21-22H,2,10,12H2,1H3,(H,20,23). The topological polar surface area (TPSA) is 75.3 Å². The minimum atomic E-state index is -0.252. The van der Waals surface area contributed by atoms with Gasteiger partial charge in [-0.1, -0.05) is 18.2 Å². The maximum atomic E-state index is 12.3. The number of carbonyl (C=O) groups excluding carboxylic acids is 1. The monoisotopic (exact) mass is 326 g/mol. The minimum Gasteiger partial charge on any atom is -0.494 e. The summed E-state index contributed by atoms with van der Waals surface area (Å²) in [5.41, 5.74) is 8.38. The van der Waals surface area contributed by atoms with Gasteiger partial charge in [0.1, 0.15) is 11.8 Å². The lowest BCUT2D eigenvalue weighted by Crippen LogP contribution is -2.42. The van der Waals surface area contributed by atoms with Crippen molar-refractivity contribution in [3.8, 4) is 5.75 Å². The normalized spacial score (nSPS) is 19.9. The second kappa shape index (κ2) is 7.90. The number of amides is 1. The zero-order chi connectivity index (χ0) is 16.8. The van der Waals surface area contributed by atoms with Crippen molar-refractivity contribution in [2.45, 2.75) is 32.0 Å². The number of benzene rings is 1. The Hall–Kier alpha value is -2.44. The summed E-state index contributed by atoms with van der Waals surface area (Å²) >= 11 is 0. The van der Waals surface area contributed by atoms with Gasteiger partial charge in [-0.25, -0.2) is 10.9 Å². The highest BCUT2D eigenvalue weighted by Crippen LogP contribution is 2.24. The Bertz CT molecular complexity index is 660. The highest BCUT2D eigenvalue weighted by molar-refractivity contribution is 5.82. The molecule has 0 aliphatic carbocycles. The summed E-state index contributed by atoms with van der Waals surface area (Å²) in [6.07, 6.45) is 4.17. The molecule has 0 spiro atoms. The van der Waals surface area contributed by atoms with E-state index < -0.39 is 0 Å². The molecule has 3 rings (SSSR count). The summed E-state index contributed by atoms with van der Waals surface area (Å²) in [6.45, 7) is 3.10. The van der Waals surface area contributed by atoms with Crippen LogP contribution in [-0.2, 0) is 11.3 Å². The first kappa shape index (κ1) is 16.4. The van der Waals surface area contributed by atoms with E-state index in [0.29, 0.717) is 19.6 Å². The Kier molecular flexibility index (Phi) is 5.40. The Balaban J connectivity index is 1.51. The highest BCUT2D eigenvalue weighted by atomic mass is 16.5. The number of hydrogen-bond acceptors (Lipinski definition) is 5. The van der Waals surface area contributed by atoms with Crippen LogP contribution in [0.3, 0.4) is 0 Å². The zero-order valence-corrected chi connectivity index (χ0v) is 13.7. The van der Waals surface area contributed by atoms with Gasteiger partial charge in [0.15, 0.2) is 0 Å². The first-order chi connectivity index (χ1) is 11.8. The van der Waals surface area contributed by atoms with Gasteiger partial charge < -0.3 is 10.1 Å². The van der Waals surface area contributed by atoms with Crippen LogP contribution in [-0.4, -0.2) is 23.5 Å². The number of hydrogen-bond donors (Lipinski definition) is 3. The van der Waals surface area contributed by atoms with Crippen LogP contribution >= 0.6 is 0 Å². The molecule has 1 aliphatic rings. The summed E-state index contributed by atoms with van der Waals surface area (Å²) in [5.74, 6) is 0.845.